The first kappa shape index (κ1) is 11.3. The average Bonchev–Trinajstić information content (AvgIpc) is 2.15. The number of guanidine groups is 1. The smallest absolute Gasteiger partial charge is 0.185 e. The van der Waals surface area contributed by atoms with Crippen molar-refractivity contribution in [3.63, 3.8) is 0 Å². The summed E-state index contributed by atoms with van der Waals surface area (Å²) in [6.45, 7) is 0. The molecule has 14 heavy (non-hydrogen) atoms. The highest BCUT2D eigenvalue weighted by molar-refractivity contribution is 5.74. The molecule has 82 valence electrons. The Hall–Kier alpha value is -0.730. The fourth-order valence-electron chi connectivity index (χ4n) is 2.17. The van der Waals surface area contributed by atoms with E-state index in [1.807, 2.05) is 0 Å². The van der Waals surface area contributed by atoms with Gasteiger partial charge in [-0.2, -0.15) is 0 Å². The van der Waals surface area contributed by atoms with Crippen molar-refractivity contribution in [2.24, 2.45) is 5.73 Å². The molecule has 0 aromatic carbocycles. The molecule has 0 atom stereocenters. The molecule has 1 rings (SSSR count). The Balaban J connectivity index is 2.26. The van der Waals surface area contributed by atoms with Gasteiger partial charge in [0.05, 0.1) is 0 Å². The molecule has 0 aromatic heterocycles. The lowest BCUT2D eigenvalue weighted by atomic mass is 9.97. The molecule has 1 aliphatic carbocycles. The predicted octanol–water partition coefficient (Wildman–Crippen LogP) is 2.36. The van der Waals surface area contributed by atoms with Crippen LogP contribution < -0.4 is 11.1 Å². The minimum atomic E-state index is 0.132. The summed E-state index contributed by atoms with van der Waals surface area (Å²) in [7, 11) is 0. The van der Waals surface area contributed by atoms with E-state index in [0.29, 0.717) is 6.04 Å². The quantitative estimate of drug-likeness (QED) is 0.446. The summed E-state index contributed by atoms with van der Waals surface area (Å²) >= 11 is 0. The zero-order chi connectivity index (χ0) is 10.2. The number of nitrogens with one attached hydrogen (secondary N) is 2. The van der Waals surface area contributed by atoms with Crippen molar-refractivity contribution >= 4 is 5.96 Å². The van der Waals surface area contributed by atoms with Crippen molar-refractivity contribution in [3.05, 3.63) is 0 Å². The van der Waals surface area contributed by atoms with Crippen LogP contribution in [0.25, 0.3) is 0 Å². The summed E-state index contributed by atoms with van der Waals surface area (Å²) in [5, 5.41) is 10.3. The van der Waals surface area contributed by atoms with Crippen molar-refractivity contribution in [2.75, 3.05) is 0 Å². The third-order valence-corrected chi connectivity index (χ3v) is 2.96. The molecule has 0 aliphatic heterocycles. The lowest BCUT2D eigenvalue weighted by molar-refractivity contribution is 0.436. The van der Waals surface area contributed by atoms with Crippen LogP contribution in [0.5, 0.6) is 0 Å². The Morgan fingerprint density at radius 2 is 1.36 bits per heavy atom. The standard InChI is InChI=1S/C11H23N3/c12-11(13)14-10-8-6-4-2-1-3-5-7-9-10/h10H,1-9H2,(H4,12,13,14). The molecule has 0 heterocycles. The van der Waals surface area contributed by atoms with E-state index in [1.54, 1.807) is 0 Å². The van der Waals surface area contributed by atoms with Crippen molar-refractivity contribution in [2.45, 2.75) is 63.8 Å². The molecule has 3 nitrogen and oxygen atoms in total. The second-order valence-electron chi connectivity index (χ2n) is 4.31. The van der Waals surface area contributed by atoms with Crippen molar-refractivity contribution in [1.29, 1.82) is 5.41 Å². The highest BCUT2D eigenvalue weighted by Crippen LogP contribution is 2.16. The second kappa shape index (κ2) is 6.68. The largest absolute Gasteiger partial charge is 0.370 e. The SMILES string of the molecule is N=C(N)NC1CCCCCCCCC1. The van der Waals surface area contributed by atoms with Gasteiger partial charge in [-0.3, -0.25) is 5.41 Å². The Morgan fingerprint density at radius 1 is 0.929 bits per heavy atom. The summed E-state index contributed by atoms with van der Waals surface area (Å²) in [6.07, 6.45) is 11.8. The van der Waals surface area contributed by atoms with Gasteiger partial charge in [-0.05, 0) is 12.8 Å². The zero-order valence-electron chi connectivity index (χ0n) is 9.02. The van der Waals surface area contributed by atoms with Gasteiger partial charge < -0.3 is 11.1 Å². The molecule has 0 radical (unpaired) electrons. The zero-order valence-corrected chi connectivity index (χ0v) is 9.02. The topological polar surface area (TPSA) is 61.9 Å². The van der Waals surface area contributed by atoms with Gasteiger partial charge in [-0.15, -0.1) is 0 Å². The van der Waals surface area contributed by atoms with Crippen molar-refractivity contribution < 1.29 is 0 Å². The second-order valence-corrected chi connectivity index (χ2v) is 4.31. The summed E-state index contributed by atoms with van der Waals surface area (Å²) in [5.74, 6) is 0.132. The number of rotatable bonds is 1. The molecule has 1 saturated carbocycles. The fourth-order valence-corrected chi connectivity index (χ4v) is 2.17. The number of hydrogen-bond donors (Lipinski definition) is 3. The van der Waals surface area contributed by atoms with Gasteiger partial charge in [-0.25, -0.2) is 0 Å². The van der Waals surface area contributed by atoms with E-state index in [1.165, 1.54) is 57.8 Å². The van der Waals surface area contributed by atoms with Gasteiger partial charge in [0, 0.05) is 6.04 Å². The maximum absolute atomic E-state index is 7.22. The summed E-state index contributed by atoms with van der Waals surface area (Å²) in [6, 6.07) is 0.450. The van der Waals surface area contributed by atoms with E-state index in [-0.39, 0.29) is 5.96 Å². The molecular weight excluding hydrogens is 174 g/mol. The van der Waals surface area contributed by atoms with Crippen LogP contribution in [-0.4, -0.2) is 12.0 Å². The van der Waals surface area contributed by atoms with Crippen LogP contribution in [0.4, 0.5) is 0 Å². The Bertz CT molecular complexity index is 158. The van der Waals surface area contributed by atoms with E-state index < -0.39 is 0 Å². The molecular formula is C11H23N3. The molecule has 0 unspecified atom stereocenters. The summed E-state index contributed by atoms with van der Waals surface area (Å²) < 4.78 is 0. The highest BCUT2D eigenvalue weighted by Gasteiger charge is 2.09. The molecule has 1 aliphatic rings. The molecule has 0 spiro atoms. The summed E-state index contributed by atoms with van der Waals surface area (Å²) in [4.78, 5) is 0. The maximum atomic E-state index is 7.22. The van der Waals surface area contributed by atoms with Crippen LogP contribution in [0, 0.1) is 5.41 Å². The minimum Gasteiger partial charge on any atom is -0.370 e. The van der Waals surface area contributed by atoms with Crippen LogP contribution in [0.3, 0.4) is 0 Å². The molecule has 0 aromatic rings. The van der Waals surface area contributed by atoms with E-state index in [9.17, 15) is 0 Å². The predicted molar refractivity (Wildman–Crippen MR) is 60.4 cm³/mol. The van der Waals surface area contributed by atoms with Gasteiger partial charge in [0.25, 0.3) is 0 Å². The van der Waals surface area contributed by atoms with E-state index >= 15 is 0 Å². The highest BCUT2D eigenvalue weighted by atomic mass is 15.1. The van der Waals surface area contributed by atoms with Gasteiger partial charge >= 0.3 is 0 Å². The van der Waals surface area contributed by atoms with Gasteiger partial charge in [-0.1, -0.05) is 44.9 Å². The van der Waals surface area contributed by atoms with Crippen LogP contribution >= 0.6 is 0 Å². The first-order valence-electron chi connectivity index (χ1n) is 5.89. The third-order valence-electron chi connectivity index (χ3n) is 2.96. The van der Waals surface area contributed by atoms with Gasteiger partial charge in [0.15, 0.2) is 5.96 Å². The van der Waals surface area contributed by atoms with Crippen LogP contribution in [0.1, 0.15) is 57.8 Å². The first-order chi connectivity index (χ1) is 6.79. The van der Waals surface area contributed by atoms with E-state index in [2.05, 4.69) is 5.32 Å². The van der Waals surface area contributed by atoms with Crippen molar-refractivity contribution in [1.82, 2.24) is 5.32 Å². The molecule has 4 N–H and O–H groups in total. The number of nitrogens with two attached hydrogens (primary N) is 1. The Morgan fingerprint density at radius 3 is 1.79 bits per heavy atom. The van der Waals surface area contributed by atoms with Crippen molar-refractivity contribution in [3.8, 4) is 0 Å². The Labute approximate surface area is 87.0 Å². The van der Waals surface area contributed by atoms with Crippen LogP contribution in [0.15, 0.2) is 0 Å². The normalized spacial score (nSPS) is 21.4. The van der Waals surface area contributed by atoms with Gasteiger partial charge in [0.1, 0.15) is 0 Å². The molecule has 0 bridgehead atoms. The third kappa shape index (κ3) is 5.10. The minimum absolute atomic E-state index is 0.132. The molecule has 0 amide bonds. The number of hydrogen-bond acceptors (Lipinski definition) is 1. The lowest BCUT2D eigenvalue weighted by Gasteiger charge is -2.19. The molecule has 0 saturated heterocycles. The first-order valence-corrected chi connectivity index (χ1v) is 5.89. The average molecular weight is 197 g/mol. The van der Waals surface area contributed by atoms with E-state index in [4.69, 9.17) is 11.1 Å². The summed E-state index contributed by atoms with van der Waals surface area (Å²) in [5.41, 5.74) is 5.36. The van der Waals surface area contributed by atoms with Gasteiger partial charge in [0.2, 0.25) is 0 Å². The molecule has 3 heteroatoms. The van der Waals surface area contributed by atoms with Crippen LogP contribution in [0.2, 0.25) is 0 Å². The Kier molecular flexibility index (Phi) is 5.42. The van der Waals surface area contributed by atoms with E-state index in [0.717, 1.165) is 0 Å². The fraction of sp³-hybridized carbons (Fsp3) is 0.909. The monoisotopic (exact) mass is 197 g/mol. The maximum Gasteiger partial charge on any atom is 0.185 e. The molecule has 1 fully saturated rings. The lowest BCUT2D eigenvalue weighted by Crippen LogP contribution is -2.39. The van der Waals surface area contributed by atoms with Crippen LogP contribution in [-0.2, 0) is 0 Å².